The molecule has 3 rings (SSSR count). The Labute approximate surface area is 229 Å². The van der Waals surface area contributed by atoms with Crippen molar-refractivity contribution in [1.82, 2.24) is 5.32 Å². The van der Waals surface area contributed by atoms with Crippen molar-refractivity contribution in [2.45, 2.75) is 71.6 Å². The summed E-state index contributed by atoms with van der Waals surface area (Å²) in [7, 11) is 1.48. The zero-order valence-electron chi connectivity index (χ0n) is 23.5. The monoisotopic (exact) mass is 545 g/mol. The van der Waals surface area contributed by atoms with Crippen LogP contribution in [-0.4, -0.2) is 68.8 Å². The first-order valence-corrected chi connectivity index (χ1v) is 13.1. The number of nitrogens with one attached hydrogen (secondary N) is 1. The number of rotatable bonds is 8. The molecule has 0 radical (unpaired) electrons. The summed E-state index contributed by atoms with van der Waals surface area (Å²) in [6.45, 7) is 9.36. The van der Waals surface area contributed by atoms with E-state index in [2.05, 4.69) is 5.32 Å². The van der Waals surface area contributed by atoms with E-state index in [9.17, 15) is 14.4 Å². The molecule has 0 unspecified atom stereocenters. The van der Waals surface area contributed by atoms with Crippen molar-refractivity contribution in [3.05, 3.63) is 41.5 Å². The van der Waals surface area contributed by atoms with E-state index in [1.165, 1.54) is 20.1 Å². The Hall–Kier alpha value is -3.21. The molecule has 1 aromatic carbocycles. The average Bonchev–Trinajstić information content (AvgIpc) is 3.18. The quantitative estimate of drug-likeness (QED) is 0.295. The predicted molar refractivity (Wildman–Crippen MR) is 143 cm³/mol. The molecule has 0 aliphatic carbocycles. The van der Waals surface area contributed by atoms with Crippen LogP contribution in [0.4, 0.5) is 0 Å². The smallest absolute Gasteiger partial charge is 0.342 e. The number of ketones is 1. The molecular weight excluding hydrogens is 506 g/mol. The van der Waals surface area contributed by atoms with Gasteiger partial charge in [0.05, 0.1) is 12.7 Å². The van der Waals surface area contributed by atoms with Gasteiger partial charge in [0.1, 0.15) is 29.3 Å². The summed E-state index contributed by atoms with van der Waals surface area (Å²) < 4.78 is 34.5. The Balaban J connectivity index is 1.98. The molecule has 0 aromatic heterocycles. The molecule has 1 aromatic rings. The van der Waals surface area contributed by atoms with Crippen molar-refractivity contribution in [1.29, 1.82) is 0 Å². The summed E-state index contributed by atoms with van der Waals surface area (Å²) in [6.07, 6.45) is 5.94. The standard InChI is InChI=1S/C29H39NO9/c1-18-11-12-23(32)27-24(38-29(4,5)39-27)10-7-9-21-15-22(35-14-8-13-30-20(3)31)16-25(36-17-34-6)26(21)28(33)37-19(18)2/h7,9,11-12,15-16,18-19,24,27H,8,10,13-14,17H2,1-6H3,(H,30,31)/b9-7+,12-11-/t18-,19+,24+,27-/m1/s1. The minimum Gasteiger partial charge on any atom is -0.493 e. The maximum Gasteiger partial charge on any atom is 0.342 e. The second kappa shape index (κ2) is 13.7. The Kier molecular flexibility index (Phi) is 10.7. The van der Waals surface area contributed by atoms with Crippen molar-refractivity contribution in [3.63, 3.8) is 0 Å². The van der Waals surface area contributed by atoms with Gasteiger partial charge in [-0.05, 0) is 51.3 Å². The molecule has 0 bridgehead atoms. The largest absolute Gasteiger partial charge is 0.493 e. The Morgan fingerprint density at radius 3 is 2.62 bits per heavy atom. The zero-order chi connectivity index (χ0) is 28.6. The molecule has 39 heavy (non-hydrogen) atoms. The predicted octanol–water partition coefficient (Wildman–Crippen LogP) is 3.82. The van der Waals surface area contributed by atoms with Crippen LogP contribution in [0.3, 0.4) is 0 Å². The molecule has 1 N–H and O–H groups in total. The Bertz CT molecular complexity index is 1090. The molecule has 10 nitrogen and oxygen atoms in total. The van der Waals surface area contributed by atoms with E-state index in [1.54, 1.807) is 45.1 Å². The van der Waals surface area contributed by atoms with E-state index < -0.39 is 30.1 Å². The number of amides is 1. The summed E-state index contributed by atoms with van der Waals surface area (Å²) in [4.78, 5) is 37.5. The topological polar surface area (TPSA) is 119 Å². The number of hydrogen-bond acceptors (Lipinski definition) is 9. The van der Waals surface area contributed by atoms with Gasteiger partial charge in [0, 0.05) is 32.6 Å². The SMILES string of the molecule is COCOc1cc(OCCCNC(C)=O)cc2c1C(=O)O[C@@H](C)[C@H](C)/C=C\C(=O)[C@H]1OC(C)(C)O[C@H]1C/C=C/2. The molecule has 1 saturated heterocycles. The van der Waals surface area contributed by atoms with Gasteiger partial charge in [-0.25, -0.2) is 4.79 Å². The third kappa shape index (κ3) is 8.64. The third-order valence-electron chi connectivity index (χ3n) is 6.33. The van der Waals surface area contributed by atoms with Crippen LogP contribution in [0.25, 0.3) is 6.08 Å². The molecule has 0 spiro atoms. The third-order valence-corrected chi connectivity index (χ3v) is 6.33. The summed E-state index contributed by atoms with van der Waals surface area (Å²) >= 11 is 0. The number of esters is 1. The van der Waals surface area contributed by atoms with E-state index in [0.29, 0.717) is 37.3 Å². The lowest BCUT2D eigenvalue weighted by atomic mass is 9.99. The molecule has 1 amide bonds. The molecule has 1 fully saturated rings. The Morgan fingerprint density at radius 1 is 1.13 bits per heavy atom. The van der Waals surface area contributed by atoms with Crippen molar-refractivity contribution in [2.24, 2.45) is 5.92 Å². The Morgan fingerprint density at radius 2 is 1.90 bits per heavy atom. The molecule has 2 aliphatic heterocycles. The number of carbonyl (C=O) groups excluding carboxylic acids is 3. The first kappa shape index (κ1) is 30.3. The van der Waals surface area contributed by atoms with Crippen molar-refractivity contribution < 1.29 is 42.8 Å². The summed E-state index contributed by atoms with van der Waals surface area (Å²) in [5, 5.41) is 2.73. The first-order chi connectivity index (χ1) is 18.5. The number of fused-ring (bicyclic) bond motifs is 2. The summed E-state index contributed by atoms with van der Waals surface area (Å²) in [5.41, 5.74) is 0.740. The lowest BCUT2D eigenvalue weighted by Gasteiger charge is -2.21. The molecular formula is C29H39NO9. The molecule has 4 atom stereocenters. The molecule has 0 saturated carbocycles. The summed E-state index contributed by atoms with van der Waals surface area (Å²) in [5.74, 6) is -1.32. The van der Waals surface area contributed by atoms with E-state index in [0.717, 1.165) is 0 Å². The van der Waals surface area contributed by atoms with E-state index >= 15 is 0 Å². The number of ether oxygens (including phenoxy) is 6. The molecule has 2 aliphatic rings. The number of benzene rings is 1. The van der Waals surface area contributed by atoms with Crippen molar-refractivity contribution in [2.75, 3.05) is 27.1 Å². The lowest BCUT2D eigenvalue weighted by molar-refractivity contribution is -0.152. The van der Waals surface area contributed by atoms with Crippen LogP contribution in [0.5, 0.6) is 11.5 Å². The van der Waals surface area contributed by atoms with Crippen molar-refractivity contribution >= 4 is 23.7 Å². The van der Waals surface area contributed by atoms with Gasteiger partial charge < -0.3 is 33.7 Å². The highest BCUT2D eigenvalue weighted by atomic mass is 16.8. The fourth-order valence-corrected chi connectivity index (χ4v) is 4.22. The van der Waals surface area contributed by atoms with Crippen LogP contribution >= 0.6 is 0 Å². The van der Waals surface area contributed by atoms with Gasteiger partial charge in [0.15, 0.2) is 18.4 Å². The number of hydrogen-bond donors (Lipinski definition) is 1. The van der Waals surface area contributed by atoms with Gasteiger partial charge in [0.2, 0.25) is 5.91 Å². The van der Waals surface area contributed by atoms with Crippen LogP contribution < -0.4 is 14.8 Å². The van der Waals surface area contributed by atoms with Crippen molar-refractivity contribution in [3.8, 4) is 11.5 Å². The maximum absolute atomic E-state index is 13.4. The van der Waals surface area contributed by atoms with Gasteiger partial charge in [-0.2, -0.15) is 0 Å². The average molecular weight is 546 g/mol. The van der Waals surface area contributed by atoms with Crippen LogP contribution in [-0.2, 0) is 28.5 Å². The lowest BCUT2D eigenvalue weighted by Crippen LogP contribution is -2.30. The molecule has 2 heterocycles. The molecule has 214 valence electrons. The fourth-order valence-electron chi connectivity index (χ4n) is 4.22. The van der Waals surface area contributed by atoms with Crippen LogP contribution in [0.15, 0.2) is 30.4 Å². The van der Waals surface area contributed by atoms with Crippen LogP contribution in [0.1, 0.15) is 63.4 Å². The molecule has 10 heteroatoms. The maximum atomic E-state index is 13.4. The van der Waals surface area contributed by atoms with Gasteiger partial charge >= 0.3 is 5.97 Å². The minimum atomic E-state index is -0.907. The second-order valence-corrected chi connectivity index (χ2v) is 10.1. The van der Waals surface area contributed by atoms with Gasteiger partial charge in [-0.15, -0.1) is 0 Å². The first-order valence-electron chi connectivity index (χ1n) is 13.1. The number of methoxy groups -OCH3 is 1. The summed E-state index contributed by atoms with van der Waals surface area (Å²) in [6, 6.07) is 3.34. The highest BCUT2D eigenvalue weighted by Gasteiger charge is 2.43. The minimum absolute atomic E-state index is 0.0871. The normalized spacial score (nSPS) is 26.4. The number of carbonyl (C=O) groups is 3. The highest BCUT2D eigenvalue weighted by Crippen LogP contribution is 2.34. The van der Waals surface area contributed by atoms with Gasteiger partial charge in [-0.1, -0.05) is 25.2 Å². The van der Waals surface area contributed by atoms with Gasteiger partial charge in [0.25, 0.3) is 0 Å². The van der Waals surface area contributed by atoms with Crippen LogP contribution in [0.2, 0.25) is 0 Å². The number of cyclic esters (lactones) is 1. The van der Waals surface area contributed by atoms with E-state index in [1.807, 2.05) is 13.0 Å². The fraction of sp³-hybridized carbons (Fsp3) is 0.552. The van der Waals surface area contributed by atoms with Gasteiger partial charge in [-0.3, -0.25) is 9.59 Å². The van der Waals surface area contributed by atoms with E-state index in [4.69, 9.17) is 28.4 Å². The van der Waals surface area contributed by atoms with Crippen LogP contribution in [0, 0.1) is 5.92 Å². The highest BCUT2D eigenvalue weighted by molar-refractivity contribution is 5.97. The van der Waals surface area contributed by atoms with E-state index in [-0.39, 0.29) is 35.7 Å². The second-order valence-electron chi connectivity index (χ2n) is 10.1. The zero-order valence-corrected chi connectivity index (χ0v) is 23.5.